The molecule has 0 aliphatic heterocycles. The van der Waals surface area contributed by atoms with Crippen molar-refractivity contribution in [2.75, 3.05) is 6.54 Å². The largest absolute Gasteiger partial charge is 0.313 e. The number of rotatable bonds is 6. The van der Waals surface area contributed by atoms with Gasteiger partial charge in [-0.25, -0.2) is 0 Å². The van der Waals surface area contributed by atoms with E-state index in [-0.39, 0.29) is 0 Å². The van der Waals surface area contributed by atoms with Gasteiger partial charge in [0.1, 0.15) is 5.51 Å². The van der Waals surface area contributed by atoms with Crippen molar-refractivity contribution in [3.8, 4) is 0 Å². The zero-order valence-corrected chi connectivity index (χ0v) is 10.5. The van der Waals surface area contributed by atoms with Crippen LogP contribution in [0.1, 0.15) is 27.2 Å². The predicted molar refractivity (Wildman–Crippen MR) is 63.0 cm³/mol. The maximum absolute atomic E-state index is 4.04. The van der Waals surface area contributed by atoms with E-state index in [4.69, 9.17) is 0 Å². The summed E-state index contributed by atoms with van der Waals surface area (Å²) >= 11 is 3.42. The Balaban J connectivity index is 2.43. The van der Waals surface area contributed by atoms with Gasteiger partial charge in [0, 0.05) is 11.3 Å². The maximum atomic E-state index is 4.04. The minimum Gasteiger partial charge on any atom is -0.313 e. The molecule has 80 valence electrons. The Hall–Kier alpha value is -0.130. The van der Waals surface area contributed by atoms with E-state index >= 15 is 0 Å². The number of nitrogens with zero attached hydrogens (tertiary/aromatic N) is 2. The van der Waals surface area contributed by atoms with Gasteiger partial charge >= 0.3 is 0 Å². The van der Waals surface area contributed by atoms with E-state index in [0.717, 1.165) is 17.3 Å². The molecule has 0 saturated carbocycles. The van der Waals surface area contributed by atoms with Crippen molar-refractivity contribution in [3.05, 3.63) is 5.51 Å². The van der Waals surface area contributed by atoms with Crippen LogP contribution >= 0.6 is 23.1 Å². The maximum Gasteiger partial charge on any atom is 0.174 e. The Morgan fingerprint density at radius 2 is 2.36 bits per heavy atom. The van der Waals surface area contributed by atoms with Gasteiger partial charge in [0.2, 0.25) is 0 Å². The highest BCUT2D eigenvalue weighted by molar-refractivity contribution is 8.01. The molecule has 1 aromatic rings. The Morgan fingerprint density at radius 1 is 1.57 bits per heavy atom. The van der Waals surface area contributed by atoms with E-state index < -0.39 is 0 Å². The molecule has 1 N–H and O–H groups in total. The van der Waals surface area contributed by atoms with Crippen molar-refractivity contribution >= 4 is 23.1 Å². The molecule has 3 nitrogen and oxygen atoms in total. The average Bonchev–Trinajstić information content (AvgIpc) is 2.66. The molecule has 1 rings (SSSR count). The Labute approximate surface area is 93.7 Å². The molecule has 2 atom stereocenters. The molecule has 0 amide bonds. The van der Waals surface area contributed by atoms with Gasteiger partial charge in [-0.1, -0.05) is 43.9 Å². The van der Waals surface area contributed by atoms with Crippen LogP contribution in [-0.2, 0) is 0 Å². The molecule has 14 heavy (non-hydrogen) atoms. The standard InChI is InChI=1S/C9H17N3S2/c1-4-8(10-5-2)7(3)14-9-12-11-6-13-9/h6-8,10H,4-5H2,1-3H3. The Kier molecular flexibility index (Phi) is 5.44. The van der Waals surface area contributed by atoms with Gasteiger partial charge in [-0.2, -0.15) is 0 Å². The summed E-state index contributed by atoms with van der Waals surface area (Å²) in [5.74, 6) is 0. The molecule has 0 aliphatic rings. The van der Waals surface area contributed by atoms with Crippen molar-refractivity contribution in [1.82, 2.24) is 15.5 Å². The van der Waals surface area contributed by atoms with Gasteiger partial charge in [0.25, 0.3) is 0 Å². The molecule has 1 aromatic heterocycles. The van der Waals surface area contributed by atoms with E-state index in [2.05, 4.69) is 36.3 Å². The number of aromatic nitrogens is 2. The minimum absolute atomic E-state index is 0.549. The first kappa shape index (κ1) is 11.9. The van der Waals surface area contributed by atoms with Gasteiger partial charge in [-0.15, -0.1) is 10.2 Å². The van der Waals surface area contributed by atoms with Crippen LogP contribution in [-0.4, -0.2) is 28.0 Å². The monoisotopic (exact) mass is 231 g/mol. The van der Waals surface area contributed by atoms with E-state index in [9.17, 15) is 0 Å². The summed E-state index contributed by atoms with van der Waals surface area (Å²) in [5, 5.41) is 11.9. The van der Waals surface area contributed by atoms with Crippen molar-refractivity contribution in [3.63, 3.8) is 0 Å². The first-order chi connectivity index (χ1) is 6.77. The van der Waals surface area contributed by atoms with Crippen molar-refractivity contribution in [2.45, 2.75) is 42.8 Å². The molecule has 0 aliphatic carbocycles. The van der Waals surface area contributed by atoms with Crippen LogP contribution in [0.2, 0.25) is 0 Å². The lowest BCUT2D eigenvalue weighted by atomic mass is 10.2. The third-order valence-electron chi connectivity index (χ3n) is 2.10. The normalized spacial score (nSPS) is 15.4. The van der Waals surface area contributed by atoms with Crippen LogP contribution in [0.5, 0.6) is 0 Å². The molecule has 0 saturated heterocycles. The summed E-state index contributed by atoms with van der Waals surface area (Å²) in [6.07, 6.45) is 1.15. The lowest BCUT2D eigenvalue weighted by molar-refractivity contribution is 0.509. The van der Waals surface area contributed by atoms with Crippen LogP contribution in [0.15, 0.2) is 9.85 Å². The predicted octanol–water partition coefficient (Wildman–Crippen LogP) is 2.41. The number of thioether (sulfide) groups is 1. The van der Waals surface area contributed by atoms with Crippen LogP contribution in [0.4, 0.5) is 0 Å². The quantitative estimate of drug-likeness (QED) is 0.763. The molecule has 0 aromatic carbocycles. The molecule has 0 fully saturated rings. The van der Waals surface area contributed by atoms with E-state index in [1.807, 2.05) is 0 Å². The third kappa shape index (κ3) is 3.55. The highest BCUT2D eigenvalue weighted by atomic mass is 32.2. The first-order valence-electron chi connectivity index (χ1n) is 4.94. The van der Waals surface area contributed by atoms with Crippen molar-refractivity contribution < 1.29 is 0 Å². The van der Waals surface area contributed by atoms with Gasteiger partial charge in [0.05, 0.1) is 0 Å². The van der Waals surface area contributed by atoms with Crippen LogP contribution in [0.25, 0.3) is 0 Å². The van der Waals surface area contributed by atoms with Crippen molar-refractivity contribution in [1.29, 1.82) is 0 Å². The van der Waals surface area contributed by atoms with Gasteiger partial charge < -0.3 is 5.32 Å². The van der Waals surface area contributed by atoms with E-state index in [1.165, 1.54) is 0 Å². The summed E-state index contributed by atoms with van der Waals surface area (Å²) in [6, 6.07) is 0.564. The van der Waals surface area contributed by atoms with Gasteiger partial charge in [0.15, 0.2) is 4.34 Å². The summed E-state index contributed by atoms with van der Waals surface area (Å²) in [4.78, 5) is 0. The Morgan fingerprint density at radius 3 is 2.86 bits per heavy atom. The van der Waals surface area contributed by atoms with Crippen LogP contribution in [0.3, 0.4) is 0 Å². The molecule has 0 spiro atoms. The molecule has 1 heterocycles. The average molecular weight is 231 g/mol. The number of hydrogen-bond donors (Lipinski definition) is 1. The second kappa shape index (κ2) is 6.37. The zero-order chi connectivity index (χ0) is 10.4. The summed E-state index contributed by atoms with van der Waals surface area (Å²) in [6.45, 7) is 7.62. The highest BCUT2D eigenvalue weighted by Gasteiger charge is 2.16. The number of nitrogens with one attached hydrogen (secondary N) is 1. The van der Waals surface area contributed by atoms with E-state index in [1.54, 1.807) is 28.6 Å². The fourth-order valence-electron chi connectivity index (χ4n) is 1.36. The van der Waals surface area contributed by atoms with Gasteiger partial charge in [-0.3, -0.25) is 0 Å². The van der Waals surface area contributed by atoms with Crippen LogP contribution < -0.4 is 5.32 Å². The first-order valence-corrected chi connectivity index (χ1v) is 6.70. The summed E-state index contributed by atoms with van der Waals surface area (Å²) in [5.41, 5.74) is 1.78. The topological polar surface area (TPSA) is 37.8 Å². The molecule has 0 bridgehead atoms. The second-order valence-corrected chi connectivity index (χ2v) is 5.56. The fourth-order valence-corrected chi connectivity index (χ4v) is 3.31. The molecule has 0 radical (unpaired) electrons. The smallest absolute Gasteiger partial charge is 0.174 e. The molecular weight excluding hydrogens is 214 g/mol. The third-order valence-corrected chi connectivity index (χ3v) is 4.14. The molecular formula is C9H17N3S2. The van der Waals surface area contributed by atoms with Crippen LogP contribution in [0, 0.1) is 0 Å². The lowest BCUT2D eigenvalue weighted by Gasteiger charge is -2.21. The summed E-state index contributed by atoms with van der Waals surface area (Å²) in [7, 11) is 0. The fraction of sp³-hybridized carbons (Fsp3) is 0.778. The molecule has 5 heteroatoms. The van der Waals surface area contributed by atoms with Gasteiger partial charge in [-0.05, 0) is 13.0 Å². The second-order valence-electron chi connectivity index (χ2n) is 3.10. The minimum atomic E-state index is 0.549. The SMILES string of the molecule is CCNC(CC)C(C)Sc1nncs1. The summed E-state index contributed by atoms with van der Waals surface area (Å²) < 4.78 is 1.06. The molecule has 2 unspecified atom stereocenters. The van der Waals surface area contributed by atoms with Crippen molar-refractivity contribution in [2.24, 2.45) is 0 Å². The van der Waals surface area contributed by atoms with E-state index in [0.29, 0.717) is 11.3 Å². The highest BCUT2D eigenvalue weighted by Crippen LogP contribution is 2.26. The lowest BCUT2D eigenvalue weighted by Crippen LogP contribution is -2.35. The zero-order valence-electron chi connectivity index (χ0n) is 8.86. The number of hydrogen-bond acceptors (Lipinski definition) is 5. The Bertz CT molecular complexity index is 238.